The van der Waals surface area contributed by atoms with Crippen molar-refractivity contribution in [2.24, 2.45) is 4.99 Å². The summed E-state index contributed by atoms with van der Waals surface area (Å²) in [7, 11) is 0. The van der Waals surface area contributed by atoms with E-state index in [9.17, 15) is 22.7 Å². The normalized spacial score (nSPS) is 16.0. The van der Waals surface area contributed by atoms with Crippen molar-refractivity contribution in [1.29, 1.82) is 0 Å². The van der Waals surface area contributed by atoms with E-state index < -0.39 is 24.0 Å². The van der Waals surface area contributed by atoms with Crippen molar-refractivity contribution in [1.82, 2.24) is 9.97 Å². The topological polar surface area (TPSA) is 67.6 Å². The van der Waals surface area contributed by atoms with Crippen LogP contribution >= 0.6 is 0 Å². The van der Waals surface area contributed by atoms with Gasteiger partial charge in [0.2, 0.25) is 0 Å². The van der Waals surface area contributed by atoms with Crippen LogP contribution in [0.15, 0.2) is 53.7 Å². The van der Waals surface area contributed by atoms with Gasteiger partial charge in [0.1, 0.15) is 12.4 Å². The van der Waals surface area contributed by atoms with E-state index in [1.54, 1.807) is 19.1 Å². The Hall–Kier alpha value is -3.33. The Morgan fingerprint density at radius 2 is 1.97 bits per heavy atom. The van der Waals surface area contributed by atoms with Crippen molar-refractivity contribution >= 4 is 28.4 Å². The largest absolute Gasteiger partial charge is 0.486 e. The van der Waals surface area contributed by atoms with Crippen molar-refractivity contribution in [3.8, 4) is 5.75 Å². The molecule has 1 atom stereocenters. The number of ether oxygens (including phenoxy) is 1. The Balaban J connectivity index is 1.72. The van der Waals surface area contributed by atoms with Gasteiger partial charge in [0, 0.05) is 29.8 Å². The molecule has 4 rings (SSSR count). The molecule has 3 aromatic rings. The number of aromatic nitrogens is 2. The molecule has 9 heteroatoms. The van der Waals surface area contributed by atoms with E-state index in [2.05, 4.69) is 15.0 Å². The number of rotatable bonds is 4. The maximum Gasteiger partial charge on any atom is 0.422 e. The minimum absolute atomic E-state index is 0.103. The SMILES string of the molecule is Cc1ncc2c(N=CC(O)(CC3=CCOc4c(F)cccc43)C(F)(F)F)cccc2n1. The lowest BCUT2D eigenvalue weighted by molar-refractivity contribution is -0.226. The van der Waals surface area contributed by atoms with Crippen molar-refractivity contribution in [3.63, 3.8) is 0 Å². The minimum atomic E-state index is -5.03. The highest BCUT2D eigenvalue weighted by Gasteiger charge is 2.53. The maximum atomic E-state index is 14.0. The molecule has 2 aromatic carbocycles. The van der Waals surface area contributed by atoms with Gasteiger partial charge in [-0.2, -0.15) is 13.2 Å². The van der Waals surface area contributed by atoms with Gasteiger partial charge in [-0.15, -0.1) is 0 Å². The van der Waals surface area contributed by atoms with Gasteiger partial charge in [0.15, 0.2) is 17.2 Å². The highest BCUT2D eigenvalue weighted by atomic mass is 19.4. The zero-order valence-corrected chi connectivity index (χ0v) is 16.3. The summed E-state index contributed by atoms with van der Waals surface area (Å²) in [6.07, 6.45) is -2.55. The van der Waals surface area contributed by atoms with Crippen LogP contribution < -0.4 is 4.74 Å². The van der Waals surface area contributed by atoms with Gasteiger partial charge in [0.05, 0.1) is 11.2 Å². The summed E-state index contributed by atoms with van der Waals surface area (Å²) in [6, 6.07) is 8.78. The number of aryl methyl sites for hydroxylation is 1. The number of nitrogens with zero attached hydrogens (tertiary/aromatic N) is 3. The average Bonchev–Trinajstić information content (AvgIpc) is 2.72. The first-order chi connectivity index (χ1) is 14.7. The van der Waals surface area contributed by atoms with Crippen LogP contribution in [0.1, 0.15) is 17.8 Å². The number of fused-ring (bicyclic) bond motifs is 2. The average molecular weight is 431 g/mol. The third kappa shape index (κ3) is 4.00. The van der Waals surface area contributed by atoms with Crippen LogP contribution in [0.2, 0.25) is 0 Å². The first-order valence-corrected chi connectivity index (χ1v) is 9.35. The second kappa shape index (κ2) is 7.73. The molecule has 31 heavy (non-hydrogen) atoms. The molecule has 0 saturated carbocycles. The van der Waals surface area contributed by atoms with E-state index in [0.717, 1.165) is 6.07 Å². The van der Waals surface area contributed by atoms with Crippen LogP contribution in [-0.2, 0) is 0 Å². The number of halogens is 4. The zero-order chi connectivity index (χ0) is 22.2. The molecule has 1 aliphatic heterocycles. The number of alkyl halides is 3. The highest BCUT2D eigenvalue weighted by Crippen LogP contribution is 2.41. The van der Waals surface area contributed by atoms with Gasteiger partial charge in [0.25, 0.3) is 0 Å². The Kier molecular flexibility index (Phi) is 5.22. The van der Waals surface area contributed by atoms with Crippen LogP contribution in [-0.4, -0.2) is 39.7 Å². The van der Waals surface area contributed by atoms with E-state index in [1.165, 1.54) is 30.5 Å². The molecule has 0 spiro atoms. The van der Waals surface area contributed by atoms with Crippen molar-refractivity contribution in [2.45, 2.75) is 25.1 Å². The summed E-state index contributed by atoms with van der Waals surface area (Å²) < 4.78 is 60.8. The fourth-order valence-electron chi connectivity index (χ4n) is 3.34. The van der Waals surface area contributed by atoms with Crippen LogP contribution in [0.5, 0.6) is 5.75 Å². The standard InChI is InChI=1S/C22H17F4N3O2/c1-13-27-11-16-18(6-3-7-19(16)29-13)28-12-21(30,22(24,25)26)10-14-8-9-31-20-15(14)4-2-5-17(20)23/h2-8,11-12,30H,9-10H2,1H3. The Morgan fingerprint density at radius 3 is 2.74 bits per heavy atom. The number of benzene rings is 2. The molecule has 1 aliphatic rings. The molecular weight excluding hydrogens is 414 g/mol. The maximum absolute atomic E-state index is 14.0. The summed E-state index contributed by atoms with van der Waals surface area (Å²) in [6.45, 7) is 1.59. The lowest BCUT2D eigenvalue weighted by Gasteiger charge is -2.29. The molecule has 1 aromatic heterocycles. The molecule has 0 aliphatic carbocycles. The summed E-state index contributed by atoms with van der Waals surface area (Å²) >= 11 is 0. The van der Waals surface area contributed by atoms with Crippen LogP contribution in [0.4, 0.5) is 23.2 Å². The van der Waals surface area contributed by atoms with E-state index in [0.29, 0.717) is 22.9 Å². The van der Waals surface area contributed by atoms with E-state index in [-0.39, 0.29) is 29.2 Å². The lowest BCUT2D eigenvalue weighted by atomic mass is 9.89. The fraction of sp³-hybridized carbons (Fsp3) is 0.227. The second-order valence-corrected chi connectivity index (χ2v) is 7.14. The number of aliphatic hydroxyl groups is 1. The second-order valence-electron chi connectivity index (χ2n) is 7.14. The monoisotopic (exact) mass is 431 g/mol. The summed E-state index contributed by atoms with van der Waals surface area (Å²) in [5.74, 6) is -0.306. The number of para-hydroxylation sites is 1. The van der Waals surface area contributed by atoms with Gasteiger partial charge in [-0.25, -0.2) is 14.4 Å². The smallest absolute Gasteiger partial charge is 0.422 e. The van der Waals surface area contributed by atoms with Gasteiger partial charge < -0.3 is 9.84 Å². The third-order valence-corrected chi connectivity index (χ3v) is 4.96. The van der Waals surface area contributed by atoms with Crippen molar-refractivity contribution in [3.05, 3.63) is 65.9 Å². The van der Waals surface area contributed by atoms with Gasteiger partial charge in [-0.05, 0) is 36.8 Å². The van der Waals surface area contributed by atoms with Crippen molar-refractivity contribution < 1.29 is 27.4 Å². The van der Waals surface area contributed by atoms with Gasteiger partial charge in [-0.3, -0.25) is 4.99 Å². The molecular formula is C22H17F4N3O2. The van der Waals surface area contributed by atoms with Gasteiger partial charge in [-0.1, -0.05) is 18.2 Å². The number of hydrogen-bond acceptors (Lipinski definition) is 5. The number of hydrogen-bond donors (Lipinski definition) is 1. The minimum Gasteiger partial charge on any atom is -0.486 e. The van der Waals surface area contributed by atoms with Crippen LogP contribution in [0.3, 0.4) is 0 Å². The Morgan fingerprint density at radius 1 is 1.19 bits per heavy atom. The quantitative estimate of drug-likeness (QED) is 0.470. The molecule has 2 heterocycles. The van der Waals surface area contributed by atoms with Crippen LogP contribution in [0, 0.1) is 12.7 Å². The number of aliphatic imine (C=N–C) groups is 1. The third-order valence-electron chi connectivity index (χ3n) is 4.96. The lowest BCUT2D eigenvalue weighted by Crippen LogP contribution is -2.47. The molecule has 0 fully saturated rings. The molecule has 1 unspecified atom stereocenters. The molecule has 1 N–H and O–H groups in total. The Labute approximate surface area is 174 Å². The predicted octanol–water partition coefficient (Wildman–Crippen LogP) is 4.94. The molecule has 5 nitrogen and oxygen atoms in total. The van der Waals surface area contributed by atoms with Crippen LogP contribution in [0.25, 0.3) is 16.5 Å². The van der Waals surface area contributed by atoms with E-state index >= 15 is 0 Å². The van der Waals surface area contributed by atoms with Gasteiger partial charge >= 0.3 is 6.18 Å². The first kappa shape index (κ1) is 20.9. The van der Waals surface area contributed by atoms with E-state index in [4.69, 9.17) is 4.74 Å². The summed E-state index contributed by atoms with van der Waals surface area (Å²) in [5, 5.41) is 11.0. The first-order valence-electron chi connectivity index (χ1n) is 9.35. The molecule has 0 radical (unpaired) electrons. The summed E-state index contributed by atoms with van der Waals surface area (Å²) in [5.41, 5.74) is -2.30. The fourth-order valence-corrected chi connectivity index (χ4v) is 3.34. The highest BCUT2D eigenvalue weighted by molar-refractivity contribution is 5.91. The molecule has 0 bridgehead atoms. The van der Waals surface area contributed by atoms with Crippen molar-refractivity contribution in [2.75, 3.05) is 6.61 Å². The molecule has 160 valence electrons. The predicted molar refractivity (Wildman–Crippen MR) is 108 cm³/mol. The molecule has 0 amide bonds. The van der Waals surface area contributed by atoms with E-state index in [1.807, 2.05) is 0 Å². The Bertz CT molecular complexity index is 1210. The summed E-state index contributed by atoms with van der Waals surface area (Å²) in [4.78, 5) is 12.2. The zero-order valence-electron chi connectivity index (χ0n) is 16.3. The molecule has 0 saturated heterocycles.